The van der Waals surface area contributed by atoms with Crippen molar-refractivity contribution in [3.05, 3.63) is 73.1 Å². The van der Waals surface area contributed by atoms with Crippen LogP contribution in [-0.4, -0.2) is 65.8 Å². The van der Waals surface area contributed by atoms with E-state index in [1.807, 2.05) is 0 Å². The highest BCUT2D eigenvalue weighted by atomic mass is 35.5. The van der Waals surface area contributed by atoms with Crippen molar-refractivity contribution >= 4 is 44.9 Å². The number of fused-ring (bicyclic) bond motifs is 2. The third kappa shape index (κ3) is 3.65. The summed E-state index contributed by atoms with van der Waals surface area (Å²) in [4.78, 5) is 44.2. The summed E-state index contributed by atoms with van der Waals surface area (Å²) in [5.74, 6) is 0.0676. The Labute approximate surface area is 194 Å². The van der Waals surface area contributed by atoms with E-state index in [-0.39, 0.29) is 5.56 Å². The lowest BCUT2D eigenvalue weighted by Gasteiger charge is -2.00. The summed E-state index contributed by atoms with van der Waals surface area (Å²) in [6.45, 7) is 0. The van der Waals surface area contributed by atoms with Crippen molar-refractivity contribution in [3.8, 4) is 11.6 Å². The number of nitrogens with one attached hydrogen (secondary N) is 2. The molecule has 0 aliphatic heterocycles. The van der Waals surface area contributed by atoms with Crippen LogP contribution in [-0.2, 0) is 0 Å². The first kappa shape index (κ1) is 21.0. The van der Waals surface area contributed by atoms with E-state index in [1.165, 1.54) is 25.0 Å². The van der Waals surface area contributed by atoms with Gasteiger partial charge in [0, 0.05) is 37.2 Å². The molecule has 0 aliphatic rings. The van der Waals surface area contributed by atoms with E-state index >= 15 is 0 Å². The van der Waals surface area contributed by atoms with E-state index in [1.54, 1.807) is 46.3 Å². The van der Waals surface area contributed by atoms with Gasteiger partial charge in [-0.15, -0.1) is 0 Å². The Morgan fingerprint density at radius 2 is 1.29 bits per heavy atom. The van der Waals surface area contributed by atoms with E-state index < -0.39 is 11.2 Å². The molecule has 13 nitrogen and oxygen atoms in total. The number of aromatic nitrogens is 10. The minimum atomic E-state index is -1.03. The van der Waals surface area contributed by atoms with Crippen molar-refractivity contribution in [2.24, 2.45) is 0 Å². The molecule has 0 aliphatic carbocycles. The minimum Gasteiger partial charge on any atom is -0.478 e. The van der Waals surface area contributed by atoms with Crippen LogP contribution >= 0.6 is 11.6 Å². The molecule has 6 rings (SSSR count). The average molecular weight is 477 g/mol. The molecule has 0 saturated heterocycles. The average Bonchev–Trinajstić information content (AvgIpc) is 3.64. The second-order valence-corrected chi connectivity index (χ2v) is 7.07. The third-order valence-electron chi connectivity index (χ3n) is 4.77. The van der Waals surface area contributed by atoms with Crippen LogP contribution in [0.5, 0.6) is 0 Å². The van der Waals surface area contributed by atoms with Crippen LogP contribution in [0.1, 0.15) is 20.7 Å². The summed E-state index contributed by atoms with van der Waals surface area (Å²) < 4.78 is 3.13. The van der Waals surface area contributed by atoms with Gasteiger partial charge in [-0.2, -0.15) is 10.2 Å². The summed E-state index contributed by atoms with van der Waals surface area (Å²) in [7, 11) is 0. The van der Waals surface area contributed by atoms with Crippen molar-refractivity contribution in [2.75, 3.05) is 0 Å². The Kier molecular flexibility index (Phi) is 5.27. The van der Waals surface area contributed by atoms with E-state index in [0.29, 0.717) is 39.3 Å². The number of aromatic amines is 2. The number of halogens is 1. The fraction of sp³-hybridized carbons (Fsp3) is 0. The van der Waals surface area contributed by atoms with Gasteiger partial charge >= 0.3 is 5.97 Å². The molecule has 0 aromatic carbocycles. The van der Waals surface area contributed by atoms with Crippen molar-refractivity contribution in [3.63, 3.8) is 0 Å². The maximum atomic E-state index is 11.2. The Morgan fingerprint density at radius 3 is 1.74 bits per heavy atom. The molecule has 0 spiro atoms. The number of carboxylic acid groups (broad SMARTS) is 1. The maximum absolute atomic E-state index is 11.2. The second-order valence-electron chi connectivity index (χ2n) is 6.73. The topological polar surface area (TPSA) is 173 Å². The number of carbonyl (C=O) groups is 2. The van der Waals surface area contributed by atoms with Gasteiger partial charge in [0.1, 0.15) is 40.3 Å². The van der Waals surface area contributed by atoms with E-state index in [4.69, 9.17) is 16.7 Å². The molecule has 0 unspecified atom stereocenters. The molecule has 34 heavy (non-hydrogen) atoms. The molecule has 0 fully saturated rings. The van der Waals surface area contributed by atoms with Crippen LogP contribution < -0.4 is 0 Å². The largest absolute Gasteiger partial charge is 0.478 e. The Bertz CT molecular complexity index is 1500. The third-order valence-corrected chi connectivity index (χ3v) is 4.98. The zero-order valence-electron chi connectivity index (χ0n) is 17.0. The van der Waals surface area contributed by atoms with E-state index in [0.717, 1.165) is 0 Å². The van der Waals surface area contributed by atoms with Crippen LogP contribution in [0.4, 0.5) is 0 Å². The smallest absolute Gasteiger partial charge is 0.339 e. The first-order valence-corrected chi connectivity index (χ1v) is 9.99. The summed E-state index contributed by atoms with van der Waals surface area (Å²) in [6, 6.07) is 3.54. The van der Waals surface area contributed by atoms with Crippen LogP contribution in [0.25, 0.3) is 33.7 Å². The zero-order chi connectivity index (χ0) is 23.7. The number of carbonyl (C=O) groups excluding carboxylic acids is 1. The number of hydrogen-bond acceptors (Lipinski definition) is 8. The summed E-state index contributed by atoms with van der Waals surface area (Å²) >= 11 is 5.46. The highest BCUT2D eigenvalue weighted by Gasteiger charge is 2.16. The number of H-pyrrole nitrogens is 2. The molecule has 3 N–H and O–H groups in total. The van der Waals surface area contributed by atoms with Gasteiger partial charge in [0.25, 0.3) is 5.24 Å². The Morgan fingerprint density at radius 1 is 0.794 bits per heavy atom. The van der Waals surface area contributed by atoms with Crippen molar-refractivity contribution < 1.29 is 14.7 Å². The molecule has 14 heteroatoms. The number of nitrogens with zero attached hydrogens (tertiary/aromatic N) is 8. The van der Waals surface area contributed by atoms with Crippen molar-refractivity contribution in [2.45, 2.75) is 0 Å². The number of hydrogen-bond donors (Lipinski definition) is 3. The predicted octanol–water partition coefficient (Wildman–Crippen LogP) is 2.36. The Balaban J connectivity index is 0.000000142. The first-order valence-electron chi connectivity index (χ1n) is 9.62. The van der Waals surface area contributed by atoms with Gasteiger partial charge in [0.2, 0.25) is 0 Å². The molecule has 0 bridgehead atoms. The van der Waals surface area contributed by atoms with Crippen LogP contribution in [0.15, 0.2) is 62.0 Å². The van der Waals surface area contributed by atoms with Gasteiger partial charge in [-0.05, 0) is 23.7 Å². The van der Waals surface area contributed by atoms with Crippen LogP contribution in [0.3, 0.4) is 0 Å². The van der Waals surface area contributed by atoms with Crippen LogP contribution in [0.2, 0.25) is 0 Å². The molecule has 6 aromatic rings. The fourth-order valence-electron chi connectivity index (χ4n) is 3.30. The molecular weight excluding hydrogens is 464 g/mol. The van der Waals surface area contributed by atoms with Gasteiger partial charge in [0.15, 0.2) is 11.6 Å². The lowest BCUT2D eigenvalue weighted by Crippen LogP contribution is -2.01. The normalized spacial score (nSPS) is 10.9. The molecular formula is C20H13ClN10O3. The van der Waals surface area contributed by atoms with Gasteiger partial charge in [-0.3, -0.25) is 4.79 Å². The lowest BCUT2D eigenvalue weighted by molar-refractivity contribution is 0.0698. The second kappa shape index (κ2) is 8.55. The monoisotopic (exact) mass is 476 g/mol. The molecule has 6 heterocycles. The predicted molar refractivity (Wildman–Crippen MR) is 119 cm³/mol. The Hall–Kier alpha value is -4.91. The fourth-order valence-corrected chi connectivity index (χ4v) is 3.44. The van der Waals surface area contributed by atoms with E-state index in [9.17, 15) is 9.59 Å². The number of rotatable bonds is 4. The van der Waals surface area contributed by atoms with Gasteiger partial charge in [0.05, 0.1) is 5.56 Å². The quantitative estimate of drug-likeness (QED) is 0.322. The molecule has 0 saturated carbocycles. The molecule has 168 valence electrons. The number of aromatic carboxylic acids is 1. The SMILES string of the molecule is O=C(Cl)c1c[nH]c2c(-n3cccn3)ncnc12.O=C(O)c1c[nH]c2c(-n3cccn3)ncnc12. The summed E-state index contributed by atoms with van der Waals surface area (Å²) in [5.41, 5.74) is 2.49. The van der Waals surface area contributed by atoms with Gasteiger partial charge in [-0.1, -0.05) is 0 Å². The first-order chi connectivity index (χ1) is 16.5. The van der Waals surface area contributed by atoms with Crippen molar-refractivity contribution in [1.29, 1.82) is 0 Å². The molecule has 0 atom stereocenters. The summed E-state index contributed by atoms with van der Waals surface area (Å²) in [5, 5.41) is 16.6. The molecule has 6 aromatic heterocycles. The zero-order valence-corrected chi connectivity index (χ0v) is 17.7. The highest BCUT2D eigenvalue weighted by molar-refractivity contribution is 6.68. The minimum absolute atomic E-state index is 0.121. The van der Waals surface area contributed by atoms with E-state index in [2.05, 4.69) is 40.1 Å². The van der Waals surface area contributed by atoms with Gasteiger partial charge in [-0.25, -0.2) is 34.1 Å². The molecule has 0 amide bonds. The number of carboxylic acids is 1. The van der Waals surface area contributed by atoms with Crippen molar-refractivity contribution in [1.82, 2.24) is 49.5 Å². The highest BCUT2D eigenvalue weighted by Crippen LogP contribution is 2.21. The van der Waals surface area contributed by atoms with Crippen LogP contribution in [0, 0.1) is 0 Å². The lowest BCUT2D eigenvalue weighted by atomic mass is 10.3. The maximum Gasteiger partial charge on any atom is 0.339 e. The molecule has 0 radical (unpaired) electrons. The van der Waals surface area contributed by atoms with Gasteiger partial charge < -0.3 is 15.1 Å². The summed E-state index contributed by atoms with van der Waals surface area (Å²) in [6.07, 6.45) is 12.3. The standard InChI is InChI=1S/C10H6ClN5O.C10H7N5O2/c11-9(17)6-4-12-8-7(6)13-5-14-10(8)16-3-1-2-15-16;16-10(17)6-4-11-8-7(6)12-5-13-9(8)15-3-1-2-14-15/h1-5,12H;1-5,11H,(H,16,17).